The molecule has 0 saturated heterocycles. The van der Waals surface area contributed by atoms with Crippen molar-refractivity contribution in [1.82, 2.24) is 9.78 Å². The molecule has 0 radical (unpaired) electrons. The highest BCUT2D eigenvalue weighted by Crippen LogP contribution is 2.13. The summed E-state index contributed by atoms with van der Waals surface area (Å²) in [7, 11) is 0. The van der Waals surface area contributed by atoms with Gasteiger partial charge in [-0.15, -0.1) is 0 Å². The summed E-state index contributed by atoms with van der Waals surface area (Å²) in [6.07, 6.45) is 1.70. The molecule has 2 aromatic rings. The van der Waals surface area contributed by atoms with E-state index in [1.807, 2.05) is 31.2 Å². The van der Waals surface area contributed by atoms with E-state index in [4.69, 9.17) is 0 Å². The first-order valence-corrected chi connectivity index (χ1v) is 6.48. The Labute approximate surface area is 114 Å². The Hall–Kier alpha value is -1.62. The van der Waals surface area contributed by atoms with Crippen LogP contribution < -0.4 is 10.9 Å². The molecular weight excluding hydrogens is 294 g/mol. The fraction of sp³-hybridized carbons (Fsp3) is 0.231. The number of hydrogen-bond donors (Lipinski definition) is 1. The number of hydrogen-bond acceptors (Lipinski definition) is 3. The molecule has 1 heterocycles. The standard InChI is InChI=1S/C13H14BrN3O/c1-10-8-13(18)17(16-9-10)7-6-15-12-4-2-11(14)3-5-12/h2-5,8-9,15H,6-7H2,1H3. The van der Waals surface area contributed by atoms with Crippen LogP contribution in [-0.4, -0.2) is 16.3 Å². The highest BCUT2D eigenvalue weighted by molar-refractivity contribution is 9.10. The average Bonchev–Trinajstić information content (AvgIpc) is 2.34. The molecule has 0 atom stereocenters. The Bertz CT molecular complexity index is 578. The summed E-state index contributed by atoms with van der Waals surface area (Å²) in [5.41, 5.74) is 1.85. The molecule has 0 aliphatic rings. The van der Waals surface area contributed by atoms with Gasteiger partial charge in [-0.05, 0) is 36.8 Å². The summed E-state index contributed by atoms with van der Waals surface area (Å²) >= 11 is 3.38. The van der Waals surface area contributed by atoms with Crippen LogP contribution in [0.2, 0.25) is 0 Å². The number of halogens is 1. The minimum atomic E-state index is -0.0624. The summed E-state index contributed by atoms with van der Waals surface area (Å²) in [5.74, 6) is 0. The Morgan fingerprint density at radius 1 is 1.33 bits per heavy atom. The van der Waals surface area contributed by atoms with Gasteiger partial charge in [-0.3, -0.25) is 4.79 Å². The third-order valence-corrected chi connectivity index (χ3v) is 3.03. The van der Waals surface area contributed by atoms with Crippen molar-refractivity contribution in [3.05, 3.63) is 56.9 Å². The summed E-state index contributed by atoms with van der Waals surface area (Å²) in [5, 5.41) is 7.32. The normalized spacial score (nSPS) is 10.3. The second kappa shape index (κ2) is 5.82. The van der Waals surface area contributed by atoms with Crippen LogP contribution in [0.1, 0.15) is 5.56 Å². The molecule has 2 rings (SSSR count). The Kier molecular flexibility index (Phi) is 4.15. The Balaban J connectivity index is 1.92. The van der Waals surface area contributed by atoms with Crippen LogP contribution in [-0.2, 0) is 6.54 Å². The molecule has 94 valence electrons. The molecule has 1 N–H and O–H groups in total. The van der Waals surface area contributed by atoms with E-state index in [2.05, 4.69) is 26.3 Å². The predicted octanol–water partition coefficient (Wildman–Crippen LogP) is 2.43. The molecule has 0 aliphatic carbocycles. The van der Waals surface area contributed by atoms with Crippen LogP contribution in [0.15, 0.2) is 45.8 Å². The summed E-state index contributed by atoms with van der Waals surface area (Å²) in [6, 6.07) is 9.49. The third-order valence-electron chi connectivity index (χ3n) is 2.50. The van der Waals surface area contributed by atoms with Gasteiger partial charge in [0.05, 0.1) is 12.7 Å². The zero-order chi connectivity index (χ0) is 13.0. The second-order valence-corrected chi connectivity index (χ2v) is 4.94. The van der Waals surface area contributed by atoms with Crippen LogP contribution >= 0.6 is 15.9 Å². The molecule has 1 aromatic carbocycles. The van der Waals surface area contributed by atoms with Gasteiger partial charge in [0.2, 0.25) is 0 Å². The van der Waals surface area contributed by atoms with Gasteiger partial charge in [0, 0.05) is 22.8 Å². The van der Waals surface area contributed by atoms with Gasteiger partial charge in [-0.1, -0.05) is 15.9 Å². The average molecular weight is 308 g/mol. The van der Waals surface area contributed by atoms with Crippen LogP contribution in [0, 0.1) is 6.92 Å². The number of benzene rings is 1. The number of anilines is 1. The molecule has 4 nitrogen and oxygen atoms in total. The number of rotatable bonds is 4. The molecule has 18 heavy (non-hydrogen) atoms. The molecule has 0 fully saturated rings. The first-order chi connectivity index (χ1) is 8.65. The van der Waals surface area contributed by atoms with Crippen molar-refractivity contribution in [3.8, 4) is 0 Å². The van der Waals surface area contributed by atoms with Gasteiger partial charge in [-0.2, -0.15) is 5.10 Å². The molecule has 0 aliphatic heterocycles. The van der Waals surface area contributed by atoms with Crippen molar-refractivity contribution >= 4 is 21.6 Å². The first-order valence-electron chi connectivity index (χ1n) is 5.68. The summed E-state index contributed by atoms with van der Waals surface area (Å²) < 4.78 is 2.50. The van der Waals surface area contributed by atoms with Gasteiger partial charge in [-0.25, -0.2) is 4.68 Å². The van der Waals surface area contributed by atoms with E-state index in [9.17, 15) is 4.79 Å². The van der Waals surface area contributed by atoms with E-state index in [-0.39, 0.29) is 5.56 Å². The van der Waals surface area contributed by atoms with Gasteiger partial charge >= 0.3 is 0 Å². The molecule has 5 heteroatoms. The summed E-state index contributed by atoms with van der Waals surface area (Å²) in [4.78, 5) is 11.6. The highest BCUT2D eigenvalue weighted by Gasteiger charge is 1.97. The monoisotopic (exact) mass is 307 g/mol. The zero-order valence-corrected chi connectivity index (χ0v) is 11.6. The first kappa shape index (κ1) is 12.8. The van der Waals surface area contributed by atoms with Crippen LogP contribution in [0.5, 0.6) is 0 Å². The van der Waals surface area contributed by atoms with Crippen molar-refractivity contribution in [3.63, 3.8) is 0 Å². The van der Waals surface area contributed by atoms with Gasteiger partial charge in [0.25, 0.3) is 5.56 Å². The van der Waals surface area contributed by atoms with Crippen molar-refractivity contribution in [1.29, 1.82) is 0 Å². The number of nitrogens with one attached hydrogen (secondary N) is 1. The van der Waals surface area contributed by atoms with Gasteiger partial charge < -0.3 is 5.32 Å². The van der Waals surface area contributed by atoms with Crippen LogP contribution in [0.3, 0.4) is 0 Å². The smallest absolute Gasteiger partial charge is 0.267 e. The minimum Gasteiger partial charge on any atom is -0.383 e. The van der Waals surface area contributed by atoms with Gasteiger partial charge in [0.1, 0.15) is 0 Å². The minimum absolute atomic E-state index is 0.0624. The lowest BCUT2D eigenvalue weighted by atomic mass is 10.3. The zero-order valence-electron chi connectivity index (χ0n) is 10.1. The fourth-order valence-electron chi connectivity index (χ4n) is 1.57. The van der Waals surface area contributed by atoms with E-state index >= 15 is 0 Å². The molecule has 0 saturated carbocycles. The third kappa shape index (κ3) is 3.43. The lowest BCUT2D eigenvalue weighted by Crippen LogP contribution is -2.25. The van der Waals surface area contributed by atoms with Crippen molar-refractivity contribution in [2.24, 2.45) is 0 Å². The van der Waals surface area contributed by atoms with Crippen molar-refractivity contribution in [2.45, 2.75) is 13.5 Å². The summed E-state index contributed by atoms with van der Waals surface area (Å²) in [6.45, 7) is 3.07. The fourth-order valence-corrected chi connectivity index (χ4v) is 1.83. The van der Waals surface area contributed by atoms with Crippen LogP contribution in [0.4, 0.5) is 5.69 Å². The van der Waals surface area contributed by atoms with E-state index in [1.54, 1.807) is 12.3 Å². The van der Waals surface area contributed by atoms with E-state index in [1.165, 1.54) is 4.68 Å². The molecule has 0 amide bonds. The number of nitrogens with zero attached hydrogens (tertiary/aromatic N) is 2. The second-order valence-electron chi connectivity index (χ2n) is 4.03. The number of aryl methyl sites for hydroxylation is 1. The topological polar surface area (TPSA) is 46.9 Å². The van der Waals surface area contributed by atoms with Gasteiger partial charge in [0.15, 0.2) is 0 Å². The molecule has 0 spiro atoms. The molecule has 0 unspecified atom stereocenters. The number of aromatic nitrogens is 2. The van der Waals surface area contributed by atoms with E-state index in [0.29, 0.717) is 13.1 Å². The lowest BCUT2D eigenvalue weighted by Gasteiger charge is -2.07. The highest BCUT2D eigenvalue weighted by atomic mass is 79.9. The quantitative estimate of drug-likeness (QED) is 0.943. The Morgan fingerprint density at radius 3 is 2.72 bits per heavy atom. The van der Waals surface area contributed by atoms with E-state index in [0.717, 1.165) is 15.7 Å². The molecular formula is C13H14BrN3O. The maximum atomic E-state index is 11.6. The van der Waals surface area contributed by atoms with Crippen LogP contribution in [0.25, 0.3) is 0 Å². The molecule has 1 aromatic heterocycles. The SMILES string of the molecule is Cc1cnn(CCNc2ccc(Br)cc2)c(=O)c1. The molecule has 0 bridgehead atoms. The predicted molar refractivity (Wildman–Crippen MR) is 75.9 cm³/mol. The van der Waals surface area contributed by atoms with Crippen molar-refractivity contribution in [2.75, 3.05) is 11.9 Å². The lowest BCUT2D eigenvalue weighted by molar-refractivity contribution is 0.595. The maximum absolute atomic E-state index is 11.6. The largest absolute Gasteiger partial charge is 0.383 e. The van der Waals surface area contributed by atoms with Crippen molar-refractivity contribution < 1.29 is 0 Å². The van der Waals surface area contributed by atoms with E-state index < -0.39 is 0 Å². The Morgan fingerprint density at radius 2 is 2.06 bits per heavy atom. The maximum Gasteiger partial charge on any atom is 0.267 e.